The first-order chi connectivity index (χ1) is 8.73. The van der Waals surface area contributed by atoms with Crippen LogP contribution in [0.3, 0.4) is 0 Å². The molecule has 2 rings (SSSR count). The molecular formula is C14H13N3O. The van der Waals surface area contributed by atoms with E-state index in [1.165, 1.54) is 0 Å². The van der Waals surface area contributed by atoms with Crippen LogP contribution in [0, 0.1) is 28.1 Å². The van der Waals surface area contributed by atoms with Gasteiger partial charge in [0, 0.05) is 12.2 Å². The van der Waals surface area contributed by atoms with Gasteiger partial charge in [0.05, 0.1) is 18.6 Å². The largest absolute Gasteiger partial charge is 0.310 e. The molecule has 0 bridgehead atoms. The first kappa shape index (κ1) is 12.1. The number of nitrogens with zero attached hydrogens (tertiary/aromatic N) is 3. The summed E-state index contributed by atoms with van der Waals surface area (Å²) < 4.78 is 0. The lowest BCUT2D eigenvalue weighted by atomic mass is 10.1. The molecule has 1 aromatic carbocycles. The molecule has 1 aliphatic rings. The summed E-state index contributed by atoms with van der Waals surface area (Å²) in [5, 5.41) is 17.8. The van der Waals surface area contributed by atoms with E-state index in [2.05, 4.69) is 6.07 Å². The van der Waals surface area contributed by atoms with Gasteiger partial charge in [0.15, 0.2) is 0 Å². The van der Waals surface area contributed by atoms with E-state index >= 15 is 0 Å². The standard InChI is InChI=1S/C14H13N3O/c15-9-4-10-17(12-5-2-1-3-6-12)13(18)14(11-16)7-8-14/h1-3,5-6H,4,7-8,10H2. The Bertz CT molecular complexity index is 520. The molecule has 0 radical (unpaired) electrons. The number of carbonyl (C=O) groups excluding carboxylic acids is 1. The Morgan fingerprint density at radius 3 is 2.44 bits per heavy atom. The van der Waals surface area contributed by atoms with Crippen LogP contribution in [-0.4, -0.2) is 12.5 Å². The van der Waals surface area contributed by atoms with E-state index in [0.29, 0.717) is 19.4 Å². The number of benzene rings is 1. The molecule has 1 saturated carbocycles. The van der Waals surface area contributed by atoms with Crippen molar-refractivity contribution < 1.29 is 4.79 Å². The van der Waals surface area contributed by atoms with E-state index in [0.717, 1.165) is 5.69 Å². The van der Waals surface area contributed by atoms with Crippen molar-refractivity contribution >= 4 is 11.6 Å². The lowest BCUT2D eigenvalue weighted by molar-refractivity contribution is -0.121. The first-order valence-electron chi connectivity index (χ1n) is 5.89. The Balaban J connectivity index is 2.24. The Labute approximate surface area is 106 Å². The molecule has 1 aliphatic carbocycles. The molecule has 0 saturated heterocycles. The summed E-state index contributed by atoms with van der Waals surface area (Å²) in [6, 6.07) is 13.3. The average molecular weight is 239 g/mol. The highest BCUT2D eigenvalue weighted by Gasteiger charge is 2.52. The van der Waals surface area contributed by atoms with Crippen LogP contribution >= 0.6 is 0 Å². The molecule has 0 unspecified atom stereocenters. The lowest BCUT2D eigenvalue weighted by Gasteiger charge is -2.23. The topological polar surface area (TPSA) is 67.9 Å². The zero-order valence-electron chi connectivity index (χ0n) is 9.97. The van der Waals surface area contributed by atoms with Gasteiger partial charge in [0.2, 0.25) is 5.91 Å². The number of hydrogen-bond donors (Lipinski definition) is 0. The first-order valence-corrected chi connectivity index (χ1v) is 5.89. The van der Waals surface area contributed by atoms with Crippen molar-refractivity contribution in [2.75, 3.05) is 11.4 Å². The number of amides is 1. The SMILES string of the molecule is N#CCCN(C(=O)C1(C#N)CC1)c1ccccc1. The van der Waals surface area contributed by atoms with Crippen molar-refractivity contribution in [2.45, 2.75) is 19.3 Å². The molecular weight excluding hydrogens is 226 g/mol. The average Bonchev–Trinajstić information content (AvgIpc) is 3.21. The van der Waals surface area contributed by atoms with Gasteiger partial charge >= 0.3 is 0 Å². The van der Waals surface area contributed by atoms with Crippen molar-refractivity contribution in [1.82, 2.24) is 0 Å². The number of para-hydroxylation sites is 1. The zero-order valence-corrected chi connectivity index (χ0v) is 9.97. The van der Waals surface area contributed by atoms with Crippen molar-refractivity contribution in [3.63, 3.8) is 0 Å². The van der Waals surface area contributed by atoms with Gasteiger partial charge in [-0.2, -0.15) is 10.5 Å². The minimum atomic E-state index is -0.842. The maximum atomic E-state index is 12.4. The normalized spacial score (nSPS) is 15.2. The summed E-state index contributed by atoms with van der Waals surface area (Å²) in [5.41, 5.74) is -0.0926. The molecule has 1 amide bonds. The number of rotatable bonds is 4. The highest BCUT2D eigenvalue weighted by Crippen LogP contribution is 2.47. The van der Waals surface area contributed by atoms with Crippen LogP contribution in [0.5, 0.6) is 0 Å². The van der Waals surface area contributed by atoms with Gasteiger partial charge in [-0.1, -0.05) is 18.2 Å². The van der Waals surface area contributed by atoms with Crippen molar-refractivity contribution in [2.24, 2.45) is 5.41 Å². The Kier molecular flexibility index (Phi) is 3.30. The van der Waals surface area contributed by atoms with Gasteiger partial charge in [-0.25, -0.2) is 0 Å². The second-order valence-electron chi connectivity index (χ2n) is 4.39. The number of carbonyl (C=O) groups is 1. The highest BCUT2D eigenvalue weighted by atomic mass is 16.2. The van der Waals surface area contributed by atoms with Gasteiger partial charge in [-0.15, -0.1) is 0 Å². The molecule has 1 aromatic rings. The van der Waals surface area contributed by atoms with Gasteiger partial charge in [0.1, 0.15) is 5.41 Å². The van der Waals surface area contributed by atoms with Gasteiger partial charge < -0.3 is 4.90 Å². The van der Waals surface area contributed by atoms with Crippen LogP contribution in [0.1, 0.15) is 19.3 Å². The van der Waals surface area contributed by atoms with E-state index in [1.807, 2.05) is 36.4 Å². The summed E-state index contributed by atoms with van der Waals surface area (Å²) in [6.45, 7) is 0.336. The Hall–Kier alpha value is -2.33. The molecule has 0 N–H and O–H groups in total. The second-order valence-corrected chi connectivity index (χ2v) is 4.39. The number of nitriles is 2. The summed E-state index contributed by atoms with van der Waals surface area (Å²) >= 11 is 0. The van der Waals surface area contributed by atoms with Gasteiger partial charge in [-0.3, -0.25) is 4.79 Å². The Morgan fingerprint density at radius 1 is 1.28 bits per heavy atom. The van der Waals surface area contributed by atoms with Crippen LogP contribution < -0.4 is 4.90 Å². The molecule has 1 fully saturated rings. The monoisotopic (exact) mass is 239 g/mol. The summed E-state index contributed by atoms with van der Waals surface area (Å²) in [4.78, 5) is 13.9. The van der Waals surface area contributed by atoms with Crippen molar-refractivity contribution in [3.05, 3.63) is 30.3 Å². The molecule has 0 heterocycles. The van der Waals surface area contributed by atoms with Crippen molar-refractivity contribution in [3.8, 4) is 12.1 Å². The molecule has 0 spiro atoms. The summed E-state index contributed by atoms with van der Waals surface area (Å²) in [5.74, 6) is -0.175. The van der Waals surface area contributed by atoms with Crippen LogP contribution in [0.2, 0.25) is 0 Å². The molecule has 18 heavy (non-hydrogen) atoms. The second kappa shape index (κ2) is 4.89. The fraction of sp³-hybridized carbons (Fsp3) is 0.357. The van der Waals surface area contributed by atoms with E-state index in [1.54, 1.807) is 4.90 Å². The van der Waals surface area contributed by atoms with E-state index in [9.17, 15) is 4.79 Å². The third-order valence-electron chi connectivity index (χ3n) is 3.13. The van der Waals surface area contributed by atoms with Crippen molar-refractivity contribution in [1.29, 1.82) is 10.5 Å². The number of hydrogen-bond acceptors (Lipinski definition) is 3. The maximum absolute atomic E-state index is 12.4. The molecule has 0 atom stereocenters. The molecule has 90 valence electrons. The highest BCUT2D eigenvalue weighted by molar-refractivity contribution is 6.01. The Morgan fingerprint density at radius 2 is 1.94 bits per heavy atom. The number of anilines is 1. The van der Waals surface area contributed by atoms with Gasteiger partial charge in [-0.05, 0) is 25.0 Å². The predicted molar refractivity (Wildman–Crippen MR) is 66.3 cm³/mol. The third kappa shape index (κ3) is 2.19. The van der Waals surface area contributed by atoms with Gasteiger partial charge in [0.25, 0.3) is 0 Å². The molecule has 4 heteroatoms. The quantitative estimate of drug-likeness (QED) is 0.809. The summed E-state index contributed by atoms with van der Waals surface area (Å²) in [6.07, 6.45) is 1.51. The zero-order chi connectivity index (χ0) is 13.0. The maximum Gasteiger partial charge on any atom is 0.247 e. The smallest absolute Gasteiger partial charge is 0.247 e. The van der Waals surface area contributed by atoms with E-state index < -0.39 is 5.41 Å². The van der Waals surface area contributed by atoms with Crippen LogP contribution in [0.4, 0.5) is 5.69 Å². The fourth-order valence-corrected chi connectivity index (χ4v) is 1.87. The minimum absolute atomic E-state index is 0.175. The lowest BCUT2D eigenvalue weighted by Crippen LogP contribution is -2.37. The minimum Gasteiger partial charge on any atom is -0.310 e. The third-order valence-corrected chi connectivity index (χ3v) is 3.13. The van der Waals surface area contributed by atoms with Crippen LogP contribution in [0.25, 0.3) is 0 Å². The summed E-state index contributed by atoms with van der Waals surface area (Å²) in [7, 11) is 0. The predicted octanol–water partition coefficient (Wildman–Crippen LogP) is 2.24. The van der Waals surface area contributed by atoms with E-state index in [4.69, 9.17) is 10.5 Å². The van der Waals surface area contributed by atoms with Crippen LogP contribution in [-0.2, 0) is 4.79 Å². The van der Waals surface area contributed by atoms with E-state index in [-0.39, 0.29) is 12.3 Å². The van der Waals surface area contributed by atoms with Crippen LogP contribution in [0.15, 0.2) is 30.3 Å². The molecule has 0 aromatic heterocycles. The molecule has 4 nitrogen and oxygen atoms in total. The molecule has 0 aliphatic heterocycles. The fourth-order valence-electron chi connectivity index (χ4n) is 1.87.